The average molecular weight is 367 g/mol. The molecule has 0 aliphatic rings. The van der Waals surface area contributed by atoms with E-state index in [1.807, 2.05) is 11.3 Å². The minimum absolute atomic E-state index is 0.0725. The molecule has 4 aromatic heterocycles. The van der Waals surface area contributed by atoms with Gasteiger partial charge in [0.05, 0.1) is 12.2 Å². The molecule has 4 heterocycles. The first-order valence-electron chi connectivity index (χ1n) is 8.60. The van der Waals surface area contributed by atoms with Gasteiger partial charge in [0.2, 0.25) is 0 Å². The van der Waals surface area contributed by atoms with Gasteiger partial charge >= 0.3 is 0 Å². The van der Waals surface area contributed by atoms with Crippen molar-refractivity contribution in [1.82, 2.24) is 34.1 Å². The summed E-state index contributed by atoms with van der Waals surface area (Å²) in [6.45, 7) is 2.31. The number of hydrogen-bond acceptors (Lipinski definition) is 6. The Balaban J connectivity index is 1.77. The third-order valence-electron chi connectivity index (χ3n) is 4.40. The van der Waals surface area contributed by atoms with Gasteiger partial charge in [-0.3, -0.25) is 4.40 Å². The lowest BCUT2D eigenvalue weighted by molar-refractivity contribution is 0.288. The predicted molar refractivity (Wildman–Crippen MR) is 95.4 cm³/mol. The Hall–Kier alpha value is -3.20. The maximum absolute atomic E-state index is 14.1. The molecule has 9 heteroatoms. The fourth-order valence-corrected chi connectivity index (χ4v) is 3.06. The molecule has 1 N–H and O–H groups in total. The number of imidazole rings is 1. The number of fused-ring (bicyclic) bond motifs is 1. The minimum atomic E-state index is -0.429. The van der Waals surface area contributed by atoms with Crippen molar-refractivity contribution in [3.63, 3.8) is 0 Å². The molecule has 0 saturated carbocycles. The molecule has 0 radical (unpaired) electrons. The fraction of sp³-hybridized carbons (Fsp3) is 0.278. The van der Waals surface area contributed by atoms with E-state index in [0.717, 1.165) is 22.7 Å². The number of aliphatic hydroxyl groups is 1. The third kappa shape index (κ3) is 3.17. The first-order valence-corrected chi connectivity index (χ1v) is 8.60. The Bertz CT molecular complexity index is 1090. The highest BCUT2D eigenvalue weighted by molar-refractivity contribution is 5.52. The van der Waals surface area contributed by atoms with Crippen molar-refractivity contribution in [3.05, 3.63) is 59.9 Å². The van der Waals surface area contributed by atoms with Crippen LogP contribution in [-0.2, 0) is 13.0 Å². The lowest BCUT2D eigenvalue weighted by atomic mass is 10.1. The smallest absolute Gasteiger partial charge is 0.167 e. The van der Waals surface area contributed by atoms with Crippen LogP contribution in [0.1, 0.15) is 23.5 Å². The van der Waals surface area contributed by atoms with Crippen molar-refractivity contribution in [2.75, 3.05) is 6.61 Å². The molecule has 4 aromatic rings. The van der Waals surface area contributed by atoms with E-state index in [0.29, 0.717) is 25.2 Å². The van der Waals surface area contributed by atoms with E-state index in [9.17, 15) is 9.50 Å². The summed E-state index contributed by atoms with van der Waals surface area (Å²) in [4.78, 5) is 12.9. The van der Waals surface area contributed by atoms with E-state index >= 15 is 0 Å². The molecule has 27 heavy (non-hydrogen) atoms. The number of aromatic nitrogens is 7. The molecule has 8 nitrogen and oxygen atoms in total. The summed E-state index contributed by atoms with van der Waals surface area (Å²) in [6, 6.07) is 2.90. The van der Waals surface area contributed by atoms with Gasteiger partial charge in [-0.25, -0.2) is 19.3 Å². The maximum atomic E-state index is 14.1. The standard InChI is InChI=1S/C18H18FN7O/c1-12-23-24-17-13(4-3-9-27)15(22-11-26(12)17)10-25-8-7-21-18(25)16-14(19)5-2-6-20-16/h2,5-8,11,27H,3-4,9-10H2,1H3. The zero-order valence-electron chi connectivity index (χ0n) is 14.7. The molecule has 0 bridgehead atoms. The number of rotatable bonds is 6. The SMILES string of the molecule is Cc1nnc2c(CCCO)c(Cn3ccnc3-c3ncccc3F)ncn12. The second-order valence-electron chi connectivity index (χ2n) is 6.15. The van der Waals surface area contributed by atoms with Crippen LogP contribution in [0.2, 0.25) is 0 Å². The summed E-state index contributed by atoms with van der Waals surface area (Å²) < 4.78 is 17.8. The first-order chi connectivity index (χ1) is 13.2. The third-order valence-corrected chi connectivity index (χ3v) is 4.40. The van der Waals surface area contributed by atoms with Gasteiger partial charge in [0.1, 0.15) is 17.8 Å². The molecule has 0 fully saturated rings. The number of aliphatic hydroxyl groups excluding tert-OH is 1. The largest absolute Gasteiger partial charge is 0.396 e. The van der Waals surface area contributed by atoms with Crippen LogP contribution >= 0.6 is 0 Å². The summed E-state index contributed by atoms with van der Waals surface area (Å²) >= 11 is 0. The molecule has 0 aromatic carbocycles. The summed E-state index contributed by atoms with van der Waals surface area (Å²) in [5, 5.41) is 17.6. The second-order valence-corrected chi connectivity index (χ2v) is 6.15. The van der Waals surface area contributed by atoms with E-state index in [4.69, 9.17) is 0 Å². The van der Waals surface area contributed by atoms with Gasteiger partial charge in [-0.05, 0) is 31.9 Å². The number of aryl methyl sites for hydroxylation is 2. The van der Waals surface area contributed by atoms with Gasteiger partial charge in [0, 0.05) is 30.8 Å². The normalized spacial score (nSPS) is 11.4. The number of pyridine rings is 1. The molecule has 0 saturated heterocycles. The van der Waals surface area contributed by atoms with Crippen LogP contribution in [0.25, 0.3) is 17.2 Å². The van der Waals surface area contributed by atoms with Gasteiger partial charge in [-0.1, -0.05) is 0 Å². The average Bonchev–Trinajstić information content (AvgIpc) is 3.28. The quantitative estimate of drug-likeness (QED) is 0.558. The van der Waals surface area contributed by atoms with Gasteiger partial charge in [0.25, 0.3) is 0 Å². The number of nitrogens with zero attached hydrogens (tertiary/aromatic N) is 7. The van der Waals surface area contributed by atoms with E-state index in [1.54, 1.807) is 29.4 Å². The molecular weight excluding hydrogens is 349 g/mol. The van der Waals surface area contributed by atoms with Crippen molar-refractivity contribution in [2.24, 2.45) is 0 Å². The molecule has 0 atom stereocenters. The van der Waals surface area contributed by atoms with Gasteiger partial charge < -0.3 is 9.67 Å². The summed E-state index contributed by atoms with van der Waals surface area (Å²) in [7, 11) is 0. The van der Waals surface area contributed by atoms with E-state index in [2.05, 4.69) is 25.1 Å². The van der Waals surface area contributed by atoms with Crippen molar-refractivity contribution >= 4 is 5.65 Å². The molecule has 4 rings (SSSR count). The lowest BCUT2D eigenvalue weighted by Gasteiger charge is -2.12. The molecule has 0 spiro atoms. The predicted octanol–water partition coefficient (Wildman–Crippen LogP) is 1.80. The summed E-state index contributed by atoms with van der Waals surface area (Å²) in [5.74, 6) is 0.746. The van der Waals surface area contributed by atoms with Gasteiger partial charge in [0.15, 0.2) is 17.3 Å². The van der Waals surface area contributed by atoms with Crippen LogP contribution < -0.4 is 0 Å². The van der Waals surface area contributed by atoms with E-state index in [-0.39, 0.29) is 12.3 Å². The fourth-order valence-electron chi connectivity index (χ4n) is 3.06. The highest BCUT2D eigenvalue weighted by atomic mass is 19.1. The highest BCUT2D eigenvalue weighted by Gasteiger charge is 2.17. The second kappa shape index (κ2) is 7.20. The molecule has 138 valence electrons. The van der Waals surface area contributed by atoms with Crippen LogP contribution in [0.3, 0.4) is 0 Å². The molecule has 0 amide bonds. The van der Waals surface area contributed by atoms with Crippen molar-refractivity contribution in [1.29, 1.82) is 0 Å². The highest BCUT2D eigenvalue weighted by Crippen LogP contribution is 2.21. The summed E-state index contributed by atoms with van der Waals surface area (Å²) in [6.07, 6.45) is 7.79. The Labute approximate surface area is 154 Å². The molecule has 0 unspecified atom stereocenters. The monoisotopic (exact) mass is 367 g/mol. The Morgan fingerprint density at radius 3 is 2.85 bits per heavy atom. The zero-order valence-corrected chi connectivity index (χ0v) is 14.7. The molecule has 0 aliphatic carbocycles. The number of halogens is 1. The van der Waals surface area contributed by atoms with Crippen LogP contribution in [-0.4, -0.2) is 45.8 Å². The van der Waals surface area contributed by atoms with Crippen molar-refractivity contribution < 1.29 is 9.50 Å². The lowest BCUT2D eigenvalue weighted by Crippen LogP contribution is -2.10. The Morgan fingerprint density at radius 2 is 2.04 bits per heavy atom. The van der Waals surface area contributed by atoms with E-state index < -0.39 is 5.82 Å². The molecular formula is C18H18FN7O. The first kappa shape index (κ1) is 17.2. The summed E-state index contributed by atoms with van der Waals surface area (Å²) in [5.41, 5.74) is 2.60. The minimum Gasteiger partial charge on any atom is -0.396 e. The topological polar surface area (TPSA) is 94.0 Å². The number of hydrogen-bond donors (Lipinski definition) is 1. The van der Waals surface area contributed by atoms with Crippen molar-refractivity contribution in [3.8, 4) is 11.5 Å². The van der Waals surface area contributed by atoms with Crippen molar-refractivity contribution in [2.45, 2.75) is 26.3 Å². The zero-order chi connectivity index (χ0) is 18.8. The van der Waals surface area contributed by atoms with Crippen LogP contribution in [0.4, 0.5) is 4.39 Å². The maximum Gasteiger partial charge on any atom is 0.167 e. The van der Waals surface area contributed by atoms with Crippen LogP contribution in [0, 0.1) is 12.7 Å². The van der Waals surface area contributed by atoms with Crippen LogP contribution in [0.5, 0.6) is 0 Å². The van der Waals surface area contributed by atoms with Gasteiger partial charge in [-0.15, -0.1) is 10.2 Å². The van der Waals surface area contributed by atoms with Gasteiger partial charge in [-0.2, -0.15) is 0 Å². The van der Waals surface area contributed by atoms with E-state index in [1.165, 1.54) is 12.3 Å². The molecule has 0 aliphatic heterocycles. The Morgan fingerprint density at radius 1 is 1.15 bits per heavy atom. The van der Waals surface area contributed by atoms with Crippen LogP contribution in [0.15, 0.2) is 37.1 Å². The Kier molecular flexibility index (Phi) is 4.59.